The number of fused-ring (bicyclic) bond motifs is 2. The number of esters is 1. The van der Waals surface area contributed by atoms with Gasteiger partial charge in [0, 0.05) is 15.8 Å². The molecule has 0 saturated heterocycles. The van der Waals surface area contributed by atoms with Gasteiger partial charge in [-0.15, -0.1) is 11.8 Å². The van der Waals surface area contributed by atoms with Crippen LogP contribution in [0.5, 0.6) is 0 Å². The molecule has 0 fully saturated rings. The number of hydrogen-bond donors (Lipinski definition) is 0. The molecule has 0 unspecified atom stereocenters. The van der Waals surface area contributed by atoms with Crippen molar-refractivity contribution >= 4 is 39.3 Å². The van der Waals surface area contributed by atoms with E-state index >= 15 is 0 Å². The number of nitrogens with zero attached hydrogens (tertiary/aromatic N) is 1. The van der Waals surface area contributed by atoms with E-state index in [1.165, 1.54) is 11.8 Å². The van der Waals surface area contributed by atoms with E-state index in [2.05, 4.69) is 36.4 Å². The van der Waals surface area contributed by atoms with Crippen LogP contribution in [0.4, 0.5) is 0 Å². The molecule has 0 aliphatic rings. The van der Waals surface area contributed by atoms with E-state index in [0.717, 1.165) is 37.6 Å². The molecule has 0 aromatic heterocycles. The Kier molecular flexibility index (Phi) is 5.71. The minimum atomic E-state index is -0.740. The van der Waals surface area contributed by atoms with E-state index in [1.807, 2.05) is 63.2 Å². The zero-order valence-corrected chi connectivity index (χ0v) is 18.6. The van der Waals surface area contributed by atoms with Gasteiger partial charge >= 0.3 is 5.97 Å². The number of nitriles is 1. The van der Waals surface area contributed by atoms with Gasteiger partial charge in [-0.3, -0.25) is 4.79 Å². The third-order valence-electron chi connectivity index (χ3n) is 5.34. The molecular formula is C27H23NO2S. The minimum Gasteiger partial charge on any atom is -0.465 e. The molecule has 0 atom stereocenters. The molecule has 0 spiro atoms. The summed E-state index contributed by atoms with van der Waals surface area (Å²) in [6.45, 7) is 5.97. The lowest BCUT2D eigenvalue weighted by Crippen LogP contribution is -2.30. The Hall–Kier alpha value is -3.29. The van der Waals surface area contributed by atoms with Gasteiger partial charge in [-0.2, -0.15) is 5.26 Å². The molecule has 4 aromatic carbocycles. The topological polar surface area (TPSA) is 50.1 Å². The van der Waals surface area contributed by atoms with Crippen LogP contribution in [0, 0.1) is 11.3 Å². The van der Waals surface area contributed by atoms with Crippen LogP contribution in [0.3, 0.4) is 0 Å². The highest BCUT2D eigenvalue weighted by molar-refractivity contribution is 8.01. The molecule has 0 radical (unpaired) electrons. The first-order chi connectivity index (χ1) is 15.0. The number of hydrogen-bond acceptors (Lipinski definition) is 4. The van der Waals surface area contributed by atoms with E-state index < -0.39 is 4.75 Å². The normalized spacial score (nSPS) is 11.4. The molecule has 0 N–H and O–H groups in total. The maximum absolute atomic E-state index is 12.6. The standard InChI is InChI=1S/C27H23NO2S/c1-4-30-26(29)27(2,3)31-24-16-14-18-9-5-6-11-21(18)25(24)23-15-13-19(17-28)20-10-7-8-12-22(20)23/h5-16H,4H2,1-3H3. The largest absolute Gasteiger partial charge is 0.465 e. The predicted octanol–water partition coefficient (Wildman–Crippen LogP) is 6.97. The third kappa shape index (κ3) is 3.89. The fourth-order valence-corrected chi connectivity index (χ4v) is 5.00. The first-order valence-electron chi connectivity index (χ1n) is 10.3. The summed E-state index contributed by atoms with van der Waals surface area (Å²) in [7, 11) is 0. The van der Waals surface area contributed by atoms with Gasteiger partial charge < -0.3 is 4.74 Å². The quantitative estimate of drug-likeness (QED) is 0.256. The number of benzene rings is 4. The van der Waals surface area contributed by atoms with Crippen molar-refractivity contribution < 1.29 is 9.53 Å². The number of thioether (sulfide) groups is 1. The maximum Gasteiger partial charge on any atom is 0.321 e. The van der Waals surface area contributed by atoms with Gasteiger partial charge in [-0.25, -0.2) is 0 Å². The zero-order valence-electron chi connectivity index (χ0n) is 17.8. The minimum absolute atomic E-state index is 0.233. The van der Waals surface area contributed by atoms with Gasteiger partial charge in [0.05, 0.1) is 18.2 Å². The van der Waals surface area contributed by atoms with Gasteiger partial charge in [0.25, 0.3) is 0 Å². The van der Waals surface area contributed by atoms with Crippen molar-refractivity contribution in [1.29, 1.82) is 5.26 Å². The van der Waals surface area contributed by atoms with Crippen molar-refractivity contribution in [3.8, 4) is 17.2 Å². The molecule has 3 nitrogen and oxygen atoms in total. The molecule has 154 valence electrons. The highest BCUT2D eigenvalue weighted by atomic mass is 32.2. The summed E-state index contributed by atoms with van der Waals surface area (Å²) in [5.41, 5.74) is 2.77. The molecule has 0 bridgehead atoms. The van der Waals surface area contributed by atoms with Crippen LogP contribution in [-0.4, -0.2) is 17.3 Å². The summed E-state index contributed by atoms with van der Waals surface area (Å²) in [6, 6.07) is 26.6. The summed E-state index contributed by atoms with van der Waals surface area (Å²) in [6.07, 6.45) is 0. The molecular weight excluding hydrogens is 402 g/mol. The number of rotatable bonds is 5. The van der Waals surface area contributed by atoms with Crippen LogP contribution in [-0.2, 0) is 9.53 Å². The lowest BCUT2D eigenvalue weighted by molar-refractivity contribution is -0.145. The van der Waals surface area contributed by atoms with Crippen LogP contribution in [0.25, 0.3) is 32.7 Å². The number of carbonyl (C=O) groups is 1. The van der Waals surface area contributed by atoms with Crippen molar-refractivity contribution in [2.24, 2.45) is 0 Å². The van der Waals surface area contributed by atoms with Gasteiger partial charge in [0.1, 0.15) is 4.75 Å². The molecule has 4 rings (SSSR count). The van der Waals surface area contributed by atoms with Crippen LogP contribution >= 0.6 is 11.8 Å². The monoisotopic (exact) mass is 425 g/mol. The number of ether oxygens (including phenoxy) is 1. The fraction of sp³-hybridized carbons (Fsp3) is 0.185. The third-order valence-corrected chi connectivity index (χ3v) is 6.57. The molecule has 0 heterocycles. The van der Waals surface area contributed by atoms with E-state index in [4.69, 9.17) is 4.74 Å². The van der Waals surface area contributed by atoms with Crippen LogP contribution in [0.15, 0.2) is 77.7 Å². The van der Waals surface area contributed by atoms with Crippen molar-refractivity contribution in [3.05, 3.63) is 78.4 Å². The summed E-state index contributed by atoms with van der Waals surface area (Å²) < 4.78 is 4.58. The summed E-state index contributed by atoms with van der Waals surface area (Å²) in [4.78, 5) is 13.6. The summed E-state index contributed by atoms with van der Waals surface area (Å²) in [5, 5.41) is 13.8. The first kappa shape index (κ1) is 21.0. The Morgan fingerprint density at radius 1 is 0.935 bits per heavy atom. The summed E-state index contributed by atoms with van der Waals surface area (Å²) >= 11 is 1.51. The molecule has 0 aliphatic heterocycles. The molecule has 0 aliphatic carbocycles. The molecule has 4 heteroatoms. The van der Waals surface area contributed by atoms with Crippen LogP contribution in [0.1, 0.15) is 26.3 Å². The van der Waals surface area contributed by atoms with Crippen molar-refractivity contribution in [2.45, 2.75) is 30.4 Å². The Bertz CT molecular complexity index is 1330. The van der Waals surface area contributed by atoms with Crippen LogP contribution in [0.2, 0.25) is 0 Å². The first-order valence-corrected chi connectivity index (χ1v) is 11.1. The fourth-order valence-electron chi connectivity index (χ4n) is 3.85. The van der Waals surface area contributed by atoms with Crippen molar-refractivity contribution in [3.63, 3.8) is 0 Å². The number of carbonyl (C=O) groups excluding carboxylic acids is 1. The van der Waals surface area contributed by atoms with Crippen molar-refractivity contribution in [1.82, 2.24) is 0 Å². The Morgan fingerprint density at radius 2 is 1.61 bits per heavy atom. The van der Waals surface area contributed by atoms with Crippen LogP contribution < -0.4 is 0 Å². The Morgan fingerprint density at radius 3 is 2.32 bits per heavy atom. The molecule has 4 aromatic rings. The maximum atomic E-state index is 12.6. The summed E-state index contributed by atoms with van der Waals surface area (Å²) in [5.74, 6) is -0.233. The highest BCUT2D eigenvalue weighted by Gasteiger charge is 2.32. The lowest BCUT2D eigenvalue weighted by Gasteiger charge is -2.24. The van der Waals surface area contributed by atoms with Gasteiger partial charge in [-0.1, -0.05) is 60.7 Å². The van der Waals surface area contributed by atoms with Gasteiger partial charge in [0.15, 0.2) is 0 Å². The highest BCUT2D eigenvalue weighted by Crippen LogP contribution is 2.45. The van der Waals surface area contributed by atoms with Gasteiger partial charge in [-0.05, 0) is 54.6 Å². The second-order valence-corrected chi connectivity index (χ2v) is 9.48. The Balaban J connectivity index is 2.00. The second kappa shape index (κ2) is 8.45. The average molecular weight is 426 g/mol. The lowest BCUT2D eigenvalue weighted by atomic mass is 9.92. The van der Waals surface area contributed by atoms with E-state index in [-0.39, 0.29) is 5.97 Å². The van der Waals surface area contributed by atoms with E-state index in [9.17, 15) is 10.1 Å². The zero-order chi connectivity index (χ0) is 22.0. The van der Waals surface area contributed by atoms with E-state index in [1.54, 1.807) is 0 Å². The van der Waals surface area contributed by atoms with Crippen molar-refractivity contribution in [2.75, 3.05) is 6.61 Å². The van der Waals surface area contributed by atoms with Gasteiger partial charge in [0.2, 0.25) is 0 Å². The second-order valence-electron chi connectivity index (χ2n) is 7.81. The average Bonchev–Trinajstić information content (AvgIpc) is 2.78. The SMILES string of the molecule is CCOC(=O)C(C)(C)Sc1ccc2ccccc2c1-c1ccc(C#N)c2ccccc12. The molecule has 31 heavy (non-hydrogen) atoms. The molecule has 0 amide bonds. The Labute approximate surface area is 186 Å². The smallest absolute Gasteiger partial charge is 0.321 e. The predicted molar refractivity (Wildman–Crippen MR) is 128 cm³/mol. The van der Waals surface area contributed by atoms with E-state index in [0.29, 0.717) is 12.2 Å². The molecule has 0 saturated carbocycles.